The highest BCUT2D eigenvalue weighted by atomic mass is 19.4. The van der Waals surface area contributed by atoms with Crippen molar-refractivity contribution in [3.63, 3.8) is 0 Å². The van der Waals surface area contributed by atoms with Crippen LogP contribution in [0.3, 0.4) is 0 Å². The van der Waals surface area contributed by atoms with Crippen LogP contribution in [0, 0.1) is 11.7 Å². The van der Waals surface area contributed by atoms with Gasteiger partial charge in [-0.1, -0.05) is 20.3 Å². The minimum Gasteiger partial charge on any atom is -0.324 e. The summed E-state index contributed by atoms with van der Waals surface area (Å²) in [4.78, 5) is 0. The molecule has 1 aromatic carbocycles. The van der Waals surface area contributed by atoms with Crippen LogP contribution in [-0.2, 0) is 6.18 Å². The molecule has 1 aromatic rings. The normalized spacial score (nSPS) is 15.7. The highest BCUT2D eigenvalue weighted by molar-refractivity contribution is 5.29. The van der Waals surface area contributed by atoms with Gasteiger partial charge in [-0.25, -0.2) is 4.39 Å². The molecule has 17 heavy (non-hydrogen) atoms. The molecule has 0 radical (unpaired) electrons. The zero-order valence-electron chi connectivity index (χ0n) is 9.68. The molecule has 0 heterocycles. The van der Waals surface area contributed by atoms with E-state index in [4.69, 9.17) is 5.73 Å². The Labute approximate surface area is 97.6 Å². The summed E-state index contributed by atoms with van der Waals surface area (Å²) in [6, 6.07) is 1.87. The van der Waals surface area contributed by atoms with Crippen LogP contribution in [0.1, 0.15) is 37.4 Å². The molecule has 1 unspecified atom stereocenters. The molecular weight excluding hydrogens is 234 g/mol. The van der Waals surface area contributed by atoms with Crippen molar-refractivity contribution in [2.75, 3.05) is 0 Å². The van der Waals surface area contributed by atoms with Gasteiger partial charge in [-0.05, 0) is 29.7 Å². The highest BCUT2D eigenvalue weighted by Gasteiger charge is 2.32. The molecule has 0 bridgehead atoms. The summed E-state index contributed by atoms with van der Waals surface area (Å²) in [5.41, 5.74) is 4.99. The Kier molecular flexibility index (Phi) is 4.14. The van der Waals surface area contributed by atoms with E-state index in [1.807, 2.05) is 13.8 Å². The van der Waals surface area contributed by atoms with Crippen molar-refractivity contribution >= 4 is 0 Å². The molecule has 2 atom stereocenters. The average Bonchev–Trinajstić information content (AvgIpc) is 2.25. The number of hydrogen-bond donors (Lipinski definition) is 1. The fourth-order valence-corrected chi connectivity index (χ4v) is 1.55. The minimum absolute atomic E-state index is 0.00196. The zero-order valence-corrected chi connectivity index (χ0v) is 9.68. The van der Waals surface area contributed by atoms with Gasteiger partial charge in [-0.15, -0.1) is 0 Å². The third-order valence-electron chi connectivity index (χ3n) is 2.89. The Bertz CT molecular complexity index is 387. The van der Waals surface area contributed by atoms with E-state index in [0.717, 1.165) is 18.6 Å². The Balaban J connectivity index is 3.14. The molecule has 0 aromatic heterocycles. The molecule has 1 nitrogen and oxygen atoms in total. The number of nitrogens with two attached hydrogens (primary N) is 1. The van der Waals surface area contributed by atoms with Crippen LogP contribution in [0.5, 0.6) is 0 Å². The summed E-state index contributed by atoms with van der Waals surface area (Å²) >= 11 is 0. The molecule has 0 saturated heterocycles. The molecule has 0 aliphatic carbocycles. The molecule has 0 fully saturated rings. The van der Waals surface area contributed by atoms with Crippen LogP contribution in [0.2, 0.25) is 0 Å². The fourth-order valence-electron chi connectivity index (χ4n) is 1.55. The summed E-state index contributed by atoms with van der Waals surface area (Å²) in [6.45, 7) is 3.71. The van der Waals surface area contributed by atoms with E-state index in [-0.39, 0.29) is 11.5 Å². The van der Waals surface area contributed by atoms with Gasteiger partial charge >= 0.3 is 6.18 Å². The molecule has 0 amide bonds. The monoisotopic (exact) mass is 249 g/mol. The van der Waals surface area contributed by atoms with Crippen molar-refractivity contribution in [2.45, 2.75) is 32.5 Å². The number of alkyl halides is 3. The van der Waals surface area contributed by atoms with Crippen molar-refractivity contribution in [3.05, 3.63) is 35.1 Å². The van der Waals surface area contributed by atoms with Gasteiger partial charge < -0.3 is 5.73 Å². The summed E-state index contributed by atoms with van der Waals surface area (Å²) in [7, 11) is 0. The van der Waals surface area contributed by atoms with Crippen LogP contribution in [-0.4, -0.2) is 0 Å². The minimum atomic E-state index is -4.55. The first-order valence-corrected chi connectivity index (χ1v) is 5.39. The van der Waals surface area contributed by atoms with Gasteiger partial charge in [0, 0.05) is 6.04 Å². The molecule has 0 spiro atoms. The zero-order chi connectivity index (χ0) is 13.2. The standard InChI is InChI=1S/C12H15F4N/c1-3-7(2)11(17)8-4-9(12(14,15)16)6-10(13)5-8/h4-7,11H,3,17H2,1-2H3/t7?,11-/m0/s1. The lowest BCUT2D eigenvalue weighted by atomic mass is 9.92. The molecule has 0 saturated carbocycles. The third-order valence-corrected chi connectivity index (χ3v) is 2.89. The van der Waals surface area contributed by atoms with Crippen molar-refractivity contribution in [1.29, 1.82) is 0 Å². The second kappa shape index (κ2) is 5.04. The van der Waals surface area contributed by atoms with Gasteiger partial charge in [-0.3, -0.25) is 0 Å². The number of rotatable bonds is 3. The van der Waals surface area contributed by atoms with Gasteiger partial charge in [-0.2, -0.15) is 13.2 Å². The van der Waals surface area contributed by atoms with E-state index in [1.165, 1.54) is 0 Å². The Morgan fingerprint density at radius 2 is 1.82 bits per heavy atom. The number of benzene rings is 1. The first-order chi connectivity index (χ1) is 7.75. The predicted octanol–water partition coefficient (Wildman–Crippen LogP) is 3.89. The van der Waals surface area contributed by atoms with Crippen molar-refractivity contribution < 1.29 is 17.6 Å². The lowest BCUT2D eigenvalue weighted by Gasteiger charge is -2.20. The van der Waals surface area contributed by atoms with Crippen LogP contribution in [0.15, 0.2) is 18.2 Å². The maximum Gasteiger partial charge on any atom is 0.416 e. The SMILES string of the molecule is CCC(C)[C@H](N)c1cc(F)cc(C(F)(F)F)c1. The van der Waals surface area contributed by atoms with E-state index < -0.39 is 23.6 Å². The van der Waals surface area contributed by atoms with Gasteiger partial charge in [0.25, 0.3) is 0 Å². The summed E-state index contributed by atoms with van der Waals surface area (Å²) in [6.07, 6.45) is -3.83. The molecule has 2 N–H and O–H groups in total. The fraction of sp³-hybridized carbons (Fsp3) is 0.500. The van der Waals surface area contributed by atoms with Gasteiger partial charge in [0.05, 0.1) is 5.56 Å². The summed E-state index contributed by atoms with van der Waals surface area (Å²) in [5, 5.41) is 0. The van der Waals surface area contributed by atoms with Crippen LogP contribution in [0.25, 0.3) is 0 Å². The first-order valence-electron chi connectivity index (χ1n) is 5.39. The third kappa shape index (κ3) is 3.43. The molecule has 5 heteroatoms. The van der Waals surface area contributed by atoms with Crippen LogP contribution < -0.4 is 5.73 Å². The Morgan fingerprint density at radius 1 is 1.24 bits per heavy atom. The van der Waals surface area contributed by atoms with E-state index >= 15 is 0 Å². The van der Waals surface area contributed by atoms with Crippen molar-refractivity contribution in [2.24, 2.45) is 11.7 Å². The topological polar surface area (TPSA) is 26.0 Å². The molecule has 1 rings (SSSR count). The van der Waals surface area contributed by atoms with Crippen molar-refractivity contribution in [3.8, 4) is 0 Å². The first kappa shape index (κ1) is 14.0. The predicted molar refractivity (Wildman–Crippen MR) is 57.8 cm³/mol. The van der Waals surface area contributed by atoms with Crippen LogP contribution >= 0.6 is 0 Å². The van der Waals surface area contributed by atoms with Gasteiger partial charge in [0.15, 0.2) is 0 Å². The van der Waals surface area contributed by atoms with E-state index in [9.17, 15) is 17.6 Å². The lowest BCUT2D eigenvalue weighted by Crippen LogP contribution is -2.19. The Hall–Kier alpha value is -1.10. The maximum atomic E-state index is 13.1. The quantitative estimate of drug-likeness (QED) is 0.808. The van der Waals surface area contributed by atoms with E-state index in [2.05, 4.69) is 0 Å². The molecule has 0 aliphatic heterocycles. The molecular formula is C12H15F4N. The van der Waals surface area contributed by atoms with Crippen molar-refractivity contribution in [1.82, 2.24) is 0 Å². The second-order valence-electron chi connectivity index (χ2n) is 4.18. The average molecular weight is 249 g/mol. The smallest absolute Gasteiger partial charge is 0.324 e. The second-order valence-corrected chi connectivity index (χ2v) is 4.18. The maximum absolute atomic E-state index is 13.1. The van der Waals surface area contributed by atoms with Gasteiger partial charge in [0.2, 0.25) is 0 Å². The lowest BCUT2D eigenvalue weighted by molar-refractivity contribution is -0.137. The molecule has 96 valence electrons. The number of hydrogen-bond acceptors (Lipinski definition) is 1. The number of halogens is 4. The van der Waals surface area contributed by atoms with Gasteiger partial charge in [0.1, 0.15) is 5.82 Å². The summed E-state index contributed by atoms with van der Waals surface area (Å²) in [5.74, 6) is -0.911. The highest BCUT2D eigenvalue weighted by Crippen LogP contribution is 2.32. The van der Waals surface area contributed by atoms with Crippen LogP contribution in [0.4, 0.5) is 17.6 Å². The van der Waals surface area contributed by atoms with E-state index in [0.29, 0.717) is 6.07 Å². The van der Waals surface area contributed by atoms with E-state index in [1.54, 1.807) is 0 Å². The summed E-state index contributed by atoms with van der Waals surface area (Å²) < 4.78 is 50.6. The largest absolute Gasteiger partial charge is 0.416 e. The Morgan fingerprint density at radius 3 is 2.29 bits per heavy atom. The molecule has 0 aliphatic rings.